The van der Waals surface area contributed by atoms with Gasteiger partial charge in [0.15, 0.2) is 0 Å². The monoisotopic (exact) mass is 324 g/mol. The molecule has 5 nitrogen and oxygen atoms in total. The lowest BCUT2D eigenvalue weighted by molar-refractivity contribution is -0.163. The highest BCUT2D eigenvalue weighted by atomic mass is 35.5. The number of esters is 2. The minimum Gasteiger partial charge on any atom is -0.463 e. The maximum absolute atomic E-state index is 11.2. The molecule has 0 radical (unpaired) electrons. The predicted molar refractivity (Wildman–Crippen MR) is 80.4 cm³/mol. The van der Waals surface area contributed by atoms with Crippen molar-refractivity contribution in [3.63, 3.8) is 0 Å². The second-order valence-electron chi connectivity index (χ2n) is 4.91. The Morgan fingerprint density at radius 3 is 2.41 bits per heavy atom. The Labute approximate surface area is 133 Å². The van der Waals surface area contributed by atoms with E-state index in [9.17, 15) is 9.59 Å². The molecule has 3 atom stereocenters. The largest absolute Gasteiger partial charge is 0.463 e. The van der Waals surface area contributed by atoms with Crippen molar-refractivity contribution in [1.82, 2.24) is 0 Å². The Kier molecular flexibility index (Phi) is 5.57. The van der Waals surface area contributed by atoms with Crippen molar-refractivity contribution in [2.24, 2.45) is 0 Å². The molecular weight excluding hydrogens is 308 g/mol. The van der Waals surface area contributed by atoms with Crippen molar-refractivity contribution in [3.8, 4) is 0 Å². The summed E-state index contributed by atoms with van der Waals surface area (Å²) >= 11 is 5.87. The SMILES string of the molecule is CC(=O)OC[C@H]1O[C@H](c2ccc(Cl)cc2)C=C[C@H]1OC(C)=O. The highest BCUT2D eigenvalue weighted by molar-refractivity contribution is 6.30. The molecule has 118 valence electrons. The maximum Gasteiger partial charge on any atom is 0.303 e. The van der Waals surface area contributed by atoms with Crippen LogP contribution in [0, 0.1) is 0 Å². The molecule has 2 rings (SSSR count). The highest BCUT2D eigenvalue weighted by Gasteiger charge is 2.31. The van der Waals surface area contributed by atoms with Gasteiger partial charge in [-0.15, -0.1) is 0 Å². The molecule has 0 saturated carbocycles. The zero-order valence-corrected chi connectivity index (χ0v) is 13.1. The number of rotatable bonds is 4. The quantitative estimate of drug-likeness (QED) is 0.629. The summed E-state index contributed by atoms with van der Waals surface area (Å²) in [4.78, 5) is 22.1. The van der Waals surface area contributed by atoms with E-state index < -0.39 is 24.1 Å². The van der Waals surface area contributed by atoms with Crippen LogP contribution in [0.15, 0.2) is 36.4 Å². The summed E-state index contributed by atoms with van der Waals surface area (Å²) in [5.74, 6) is -0.834. The number of hydrogen-bond donors (Lipinski definition) is 0. The third-order valence-electron chi connectivity index (χ3n) is 3.11. The summed E-state index contributed by atoms with van der Waals surface area (Å²) in [5, 5.41) is 0.637. The number of halogens is 1. The van der Waals surface area contributed by atoms with Gasteiger partial charge in [0.1, 0.15) is 24.9 Å². The van der Waals surface area contributed by atoms with Gasteiger partial charge in [0.2, 0.25) is 0 Å². The first kappa shape index (κ1) is 16.5. The lowest BCUT2D eigenvalue weighted by Gasteiger charge is -2.31. The van der Waals surface area contributed by atoms with Gasteiger partial charge < -0.3 is 14.2 Å². The van der Waals surface area contributed by atoms with Crippen LogP contribution < -0.4 is 0 Å². The first-order chi connectivity index (χ1) is 10.5. The molecule has 1 aliphatic rings. The second-order valence-corrected chi connectivity index (χ2v) is 5.34. The molecule has 0 aromatic heterocycles. The van der Waals surface area contributed by atoms with E-state index in [1.165, 1.54) is 13.8 Å². The van der Waals surface area contributed by atoms with E-state index in [0.717, 1.165) is 5.56 Å². The minimum absolute atomic E-state index is 0.0156. The lowest BCUT2D eigenvalue weighted by Crippen LogP contribution is -2.39. The van der Waals surface area contributed by atoms with Crippen LogP contribution in [0.5, 0.6) is 0 Å². The molecule has 1 heterocycles. The number of carbonyl (C=O) groups excluding carboxylic acids is 2. The fraction of sp³-hybridized carbons (Fsp3) is 0.375. The van der Waals surface area contributed by atoms with E-state index in [4.69, 9.17) is 25.8 Å². The summed E-state index contributed by atoms with van der Waals surface area (Å²) in [7, 11) is 0. The number of hydrogen-bond acceptors (Lipinski definition) is 5. The molecule has 0 aliphatic carbocycles. The Hall–Kier alpha value is -1.85. The van der Waals surface area contributed by atoms with Gasteiger partial charge in [0, 0.05) is 18.9 Å². The van der Waals surface area contributed by atoms with E-state index in [1.807, 2.05) is 12.1 Å². The van der Waals surface area contributed by atoms with Crippen LogP contribution in [-0.4, -0.2) is 30.8 Å². The van der Waals surface area contributed by atoms with Gasteiger partial charge in [-0.1, -0.05) is 29.8 Å². The average molecular weight is 325 g/mol. The first-order valence-corrected chi connectivity index (χ1v) is 7.23. The van der Waals surface area contributed by atoms with Gasteiger partial charge in [-0.05, 0) is 23.8 Å². The summed E-state index contributed by atoms with van der Waals surface area (Å²) < 4.78 is 16.1. The normalized spacial score (nSPS) is 23.9. The molecule has 22 heavy (non-hydrogen) atoms. The fourth-order valence-electron chi connectivity index (χ4n) is 2.13. The summed E-state index contributed by atoms with van der Waals surface area (Å²) in [6, 6.07) is 7.25. The standard InChI is InChI=1S/C16H17ClO5/c1-10(18)20-9-16-15(21-11(2)19)8-7-14(22-16)12-3-5-13(17)6-4-12/h3-8,14-16H,9H2,1-2H3/t14-,15+,16+/m0/s1. The Bertz CT molecular complexity index is 566. The number of ether oxygens (including phenoxy) is 3. The molecule has 0 fully saturated rings. The van der Waals surface area contributed by atoms with Crippen LogP contribution in [0.4, 0.5) is 0 Å². The van der Waals surface area contributed by atoms with Crippen LogP contribution >= 0.6 is 11.6 Å². The molecule has 0 amide bonds. The Balaban J connectivity index is 2.13. The Morgan fingerprint density at radius 1 is 1.14 bits per heavy atom. The predicted octanol–water partition coefficient (Wildman–Crippen LogP) is 2.83. The van der Waals surface area contributed by atoms with Gasteiger partial charge in [-0.25, -0.2) is 0 Å². The van der Waals surface area contributed by atoms with Crippen molar-refractivity contribution >= 4 is 23.5 Å². The second kappa shape index (κ2) is 7.42. The van der Waals surface area contributed by atoms with Crippen molar-refractivity contribution in [2.45, 2.75) is 32.2 Å². The molecule has 1 aliphatic heterocycles. The zero-order chi connectivity index (χ0) is 16.1. The van der Waals surface area contributed by atoms with Crippen LogP contribution in [0.25, 0.3) is 0 Å². The zero-order valence-electron chi connectivity index (χ0n) is 12.3. The van der Waals surface area contributed by atoms with Crippen LogP contribution in [0.1, 0.15) is 25.5 Å². The summed E-state index contributed by atoms with van der Waals surface area (Å²) in [6.07, 6.45) is 2.10. The fourth-order valence-corrected chi connectivity index (χ4v) is 2.25. The Morgan fingerprint density at radius 2 is 1.82 bits per heavy atom. The molecular formula is C16H17ClO5. The van der Waals surface area contributed by atoms with E-state index in [-0.39, 0.29) is 12.7 Å². The maximum atomic E-state index is 11.2. The van der Waals surface area contributed by atoms with E-state index >= 15 is 0 Å². The molecule has 1 aromatic rings. The molecule has 0 bridgehead atoms. The average Bonchev–Trinajstić information content (AvgIpc) is 2.46. The van der Waals surface area contributed by atoms with Gasteiger partial charge in [0.05, 0.1) is 0 Å². The third-order valence-corrected chi connectivity index (χ3v) is 3.37. The van der Waals surface area contributed by atoms with E-state index in [2.05, 4.69) is 0 Å². The highest BCUT2D eigenvalue weighted by Crippen LogP contribution is 2.28. The van der Waals surface area contributed by atoms with Crippen molar-refractivity contribution in [3.05, 3.63) is 47.0 Å². The van der Waals surface area contributed by atoms with E-state index in [0.29, 0.717) is 5.02 Å². The first-order valence-electron chi connectivity index (χ1n) is 6.85. The smallest absolute Gasteiger partial charge is 0.303 e. The topological polar surface area (TPSA) is 61.8 Å². The minimum atomic E-state index is -0.583. The van der Waals surface area contributed by atoms with Crippen LogP contribution in [0.2, 0.25) is 5.02 Å². The lowest BCUT2D eigenvalue weighted by atomic mass is 10.0. The number of carbonyl (C=O) groups is 2. The van der Waals surface area contributed by atoms with Gasteiger partial charge in [-0.2, -0.15) is 0 Å². The van der Waals surface area contributed by atoms with Gasteiger partial charge in [-0.3, -0.25) is 9.59 Å². The summed E-state index contributed by atoms with van der Waals surface area (Å²) in [6.45, 7) is 2.65. The number of benzene rings is 1. The molecule has 1 aromatic carbocycles. The molecule has 6 heteroatoms. The van der Waals surface area contributed by atoms with Gasteiger partial charge >= 0.3 is 11.9 Å². The molecule has 0 spiro atoms. The molecule has 0 saturated heterocycles. The van der Waals surface area contributed by atoms with Crippen molar-refractivity contribution in [1.29, 1.82) is 0 Å². The van der Waals surface area contributed by atoms with E-state index in [1.54, 1.807) is 24.3 Å². The van der Waals surface area contributed by atoms with Crippen LogP contribution in [0.3, 0.4) is 0 Å². The van der Waals surface area contributed by atoms with Crippen molar-refractivity contribution < 1.29 is 23.8 Å². The van der Waals surface area contributed by atoms with Gasteiger partial charge in [0.25, 0.3) is 0 Å². The van der Waals surface area contributed by atoms with Crippen molar-refractivity contribution in [2.75, 3.05) is 6.61 Å². The van der Waals surface area contributed by atoms with Crippen LogP contribution in [-0.2, 0) is 23.8 Å². The summed E-state index contributed by atoms with van der Waals surface area (Å²) in [5.41, 5.74) is 0.912. The third kappa shape index (κ3) is 4.58. The molecule has 0 unspecified atom stereocenters. The molecule has 0 N–H and O–H groups in total.